The molecule has 0 radical (unpaired) electrons. The standard InChI is InChI=1S/C15H12F4N4O2/c1-8(16)14-22-21-13-6-20-11(7-23(13)14)10-4-3-9(5-12(10)24-2)25-15(17,18)19/h3-8H,1-2H3. The minimum Gasteiger partial charge on any atom is -0.496 e. The van der Waals surface area contributed by atoms with Crippen molar-refractivity contribution in [1.29, 1.82) is 0 Å². The average Bonchev–Trinajstić information content (AvgIpc) is 2.96. The Morgan fingerprint density at radius 2 is 1.96 bits per heavy atom. The molecule has 132 valence electrons. The normalized spacial score (nSPS) is 13.0. The molecule has 3 aromatic rings. The molecule has 10 heteroatoms. The summed E-state index contributed by atoms with van der Waals surface area (Å²) in [4.78, 5) is 4.17. The molecule has 0 N–H and O–H groups in total. The highest BCUT2D eigenvalue weighted by Crippen LogP contribution is 2.34. The molecule has 6 nitrogen and oxygen atoms in total. The van der Waals surface area contributed by atoms with E-state index in [2.05, 4.69) is 19.9 Å². The zero-order valence-electron chi connectivity index (χ0n) is 13.1. The van der Waals surface area contributed by atoms with E-state index < -0.39 is 18.3 Å². The number of aromatic nitrogens is 4. The third kappa shape index (κ3) is 3.47. The van der Waals surface area contributed by atoms with Crippen LogP contribution in [0.3, 0.4) is 0 Å². The van der Waals surface area contributed by atoms with E-state index in [1.165, 1.54) is 36.9 Å². The molecule has 3 rings (SSSR count). The van der Waals surface area contributed by atoms with E-state index in [-0.39, 0.29) is 11.6 Å². The molecule has 1 aromatic carbocycles. The zero-order valence-corrected chi connectivity index (χ0v) is 13.1. The number of benzene rings is 1. The van der Waals surface area contributed by atoms with Crippen LogP contribution >= 0.6 is 0 Å². The topological polar surface area (TPSA) is 61.5 Å². The molecule has 1 atom stereocenters. The van der Waals surface area contributed by atoms with Crippen LogP contribution in [0.1, 0.15) is 18.9 Å². The van der Waals surface area contributed by atoms with Gasteiger partial charge in [-0.05, 0) is 19.1 Å². The molecule has 0 aliphatic carbocycles. The summed E-state index contributed by atoms with van der Waals surface area (Å²) in [5, 5.41) is 7.55. The number of alkyl halides is 4. The molecule has 0 aliphatic heterocycles. The molecule has 0 saturated carbocycles. The number of methoxy groups -OCH3 is 1. The number of nitrogens with zero attached hydrogens (tertiary/aromatic N) is 4. The van der Waals surface area contributed by atoms with Gasteiger partial charge in [0.25, 0.3) is 0 Å². The predicted molar refractivity (Wildman–Crippen MR) is 79.0 cm³/mol. The lowest BCUT2D eigenvalue weighted by molar-refractivity contribution is -0.274. The quantitative estimate of drug-likeness (QED) is 0.667. The Hall–Kier alpha value is -2.91. The van der Waals surface area contributed by atoms with Crippen LogP contribution < -0.4 is 9.47 Å². The number of ether oxygens (including phenoxy) is 2. The monoisotopic (exact) mass is 356 g/mol. The summed E-state index contributed by atoms with van der Waals surface area (Å²) >= 11 is 0. The van der Waals surface area contributed by atoms with Gasteiger partial charge >= 0.3 is 6.36 Å². The van der Waals surface area contributed by atoms with Gasteiger partial charge in [0, 0.05) is 17.8 Å². The largest absolute Gasteiger partial charge is 0.573 e. The van der Waals surface area contributed by atoms with Gasteiger partial charge in [-0.2, -0.15) is 0 Å². The van der Waals surface area contributed by atoms with Crippen LogP contribution in [0.2, 0.25) is 0 Å². The maximum absolute atomic E-state index is 13.6. The molecule has 0 spiro atoms. The van der Waals surface area contributed by atoms with Crippen molar-refractivity contribution >= 4 is 5.65 Å². The molecular formula is C15H12F4N4O2. The second kappa shape index (κ2) is 6.19. The molecular weight excluding hydrogens is 344 g/mol. The van der Waals surface area contributed by atoms with Crippen LogP contribution in [0.4, 0.5) is 17.6 Å². The highest BCUT2D eigenvalue weighted by Gasteiger charge is 2.31. The first-order valence-corrected chi connectivity index (χ1v) is 7.07. The van der Waals surface area contributed by atoms with Gasteiger partial charge in [0.15, 0.2) is 17.6 Å². The van der Waals surface area contributed by atoms with Crippen LogP contribution in [0.5, 0.6) is 11.5 Å². The van der Waals surface area contributed by atoms with Crippen LogP contribution in [-0.2, 0) is 0 Å². The third-order valence-corrected chi connectivity index (χ3v) is 3.36. The Morgan fingerprint density at radius 1 is 1.20 bits per heavy atom. The van der Waals surface area contributed by atoms with Crippen LogP contribution in [0, 0.1) is 0 Å². The fourth-order valence-electron chi connectivity index (χ4n) is 2.31. The molecule has 0 saturated heterocycles. The van der Waals surface area contributed by atoms with Crippen molar-refractivity contribution in [3.63, 3.8) is 0 Å². The van der Waals surface area contributed by atoms with Crippen LogP contribution in [0.15, 0.2) is 30.6 Å². The van der Waals surface area contributed by atoms with Gasteiger partial charge in [0.1, 0.15) is 11.5 Å². The van der Waals surface area contributed by atoms with Crippen molar-refractivity contribution in [1.82, 2.24) is 19.6 Å². The first-order valence-electron chi connectivity index (χ1n) is 7.07. The third-order valence-electron chi connectivity index (χ3n) is 3.36. The van der Waals surface area contributed by atoms with E-state index in [1.807, 2.05) is 0 Å². The fraction of sp³-hybridized carbons (Fsp3) is 0.267. The van der Waals surface area contributed by atoms with Crippen molar-refractivity contribution in [2.24, 2.45) is 0 Å². The second-order valence-corrected chi connectivity index (χ2v) is 5.08. The first kappa shape index (κ1) is 16.9. The molecule has 0 bridgehead atoms. The number of halogens is 4. The van der Waals surface area contributed by atoms with Gasteiger partial charge in [0.05, 0.1) is 19.0 Å². The Balaban J connectivity index is 2.06. The van der Waals surface area contributed by atoms with Crippen molar-refractivity contribution in [2.75, 3.05) is 7.11 Å². The molecule has 2 heterocycles. The fourth-order valence-corrected chi connectivity index (χ4v) is 2.31. The summed E-state index contributed by atoms with van der Waals surface area (Å²) in [5.74, 6) is -0.206. The van der Waals surface area contributed by atoms with Crippen LogP contribution in [-0.4, -0.2) is 33.1 Å². The van der Waals surface area contributed by atoms with E-state index in [0.717, 1.165) is 12.1 Å². The predicted octanol–water partition coefficient (Wildman–Crippen LogP) is 3.73. The molecule has 1 unspecified atom stereocenters. The molecule has 0 amide bonds. The molecule has 25 heavy (non-hydrogen) atoms. The van der Waals surface area contributed by atoms with Gasteiger partial charge in [-0.3, -0.25) is 9.38 Å². The number of fused-ring (bicyclic) bond motifs is 1. The SMILES string of the molecule is COc1cc(OC(F)(F)F)ccc1-c1cn2c(C(C)F)nnc2cn1. The summed E-state index contributed by atoms with van der Waals surface area (Å²) in [6.45, 7) is 1.32. The number of hydrogen-bond donors (Lipinski definition) is 0. The summed E-state index contributed by atoms with van der Waals surface area (Å²) in [6, 6.07) is 3.61. The van der Waals surface area contributed by atoms with E-state index in [4.69, 9.17) is 4.74 Å². The molecule has 0 aliphatic rings. The Morgan fingerprint density at radius 3 is 2.60 bits per heavy atom. The lowest BCUT2D eigenvalue weighted by atomic mass is 10.1. The number of hydrogen-bond acceptors (Lipinski definition) is 5. The summed E-state index contributed by atoms with van der Waals surface area (Å²) in [7, 11) is 1.31. The van der Waals surface area contributed by atoms with Gasteiger partial charge in [-0.25, -0.2) is 4.39 Å². The zero-order chi connectivity index (χ0) is 18.2. The highest BCUT2D eigenvalue weighted by molar-refractivity contribution is 5.68. The minimum atomic E-state index is -4.81. The van der Waals surface area contributed by atoms with Gasteiger partial charge in [0.2, 0.25) is 0 Å². The van der Waals surface area contributed by atoms with Crippen molar-refractivity contribution in [3.8, 4) is 22.8 Å². The maximum atomic E-state index is 13.6. The Labute approximate surface area is 139 Å². The summed E-state index contributed by atoms with van der Waals surface area (Å²) in [5.41, 5.74) is 1.11. The van der Waals surface area contributed by atoms with Crippen LogP contribution in [0.25, 0.3) is 16.9 Å². The maximum Gasteiger partial charge on any atom is 0.573 e. The first-order chi connectivity index (χ1) is 11.8. The van der Waals surface area contributed by atoms with E-state index in [0.29, 0.717) is 16.9 Å². The van der Waals surface area contributed by atoms with Crippen molar-refractivity contribution < 1.29 is 27.0 Å². The van der Waals surface area contributed by atoms with E-state index in [1.54, 1.807) is 0 Å². The summed E-state index contributed by atoms with van der Waals surface area (Å²) < 4.78 is 61.0. The second-order valence-electron chi connectivity index (χ2n) is 5.08. The highest BCUT2D eigenvalue weighted by atomic mass is 19.4. The van der Waals surface area contributed by atoms with Gasteiger partial charge in [-0.15, -0.1) is 23.4 Å². The lowest BCUT2D eigenvalue weighted by Crippen LogP contribution is -2.17. The number of rotatable bonds is 4. The van der Waals surface area contributed by atoms with Gasteiger partial charge < -0.3 is 9.47 Å². The molecule has 2 aromatic heterocycles. The summed E-state index contributed by atoms with van der Waals surface area (Å²) in [6.07, 6.45) is -3.29. The Bertz CT molecular complexity index is 908. The molecule has 0 fully saturated rings. The smallest absolute Gasteiger partial charge is 0.496 e. The van der Waals surface area contributed by atoms with E-state index >= 15 is 0 Å². The Kier molecular flexibility index (Phi) is 4.19. The van der Waals surface area contributed by atoms with E-state index in [9.17, 15) is 17.6 Å². The minimum absolute atomic E-state index is 0.0923. The van der Waals surface area contributed by atoms with Crippen molar-refractivity contribution in [2.45, 2.75) is 19.5 Å². The van der Waals surface area contributed by atoms with Gasteiger partial charge in [-0.1, -0.05) is 0 Å². The van der Waals surface area contributed by atoms with Crippen molar-refractivity contribution in [3.05, 3.63) is 36.4 Å². The lowest BCUT2D eigenvalue weighted by Gasteiger charge is -2.13. The average molecular weight is 356 g/mol.